The van der Waals surface area contributed by atoms with Gasteiger partial charge in [0.05, 0.1) is 23.8 Å². The van der Waals surface area contributed by atoms with E-state index in [1.54, 1.807) is 54.7 Å². The Kier molecular flexibility index (Phi) is 7.48. The quantitative estimate of drug-likeness (QED) is 0.392. The highest BCUT2D eigenvalue weighted by Crippen LogP contribution is 2.33. The summed E-state index contributed by atoms with van der Waals surface area (Å²) < 4.78 is 10.7. The van der Waals surface area contributed by atoms with Crippen LogP contribution in [0, 0.1) is 0 Å². The van der Waals surface area contributed by atoms with Gasteiger partial charge in [0.25, 0.3) is 11.8 Å². The maximum atomic E-state index is 13.1. The average Bonchev–Trinajstić information content (AvgIpc) is 3.28. The molecular weight excluding hydrogens is 502 g/mol. The molecule has 11 heteroatoms. The molecule has 2 aromatic carbocycles. The lowest BCUT2D eigenvalue weighted by Crippen LogP contribution is -2.35. The number of nitrogen functional groups attached to an aromatic ring is 1. The molecule has 1 unspecified atom stereocenters. The minimum atomic E-state index is -1.04. The van der Waals surface area contributed by atoms with Gasteiger partial charge < -0.3 is 35.4 Å². The van der Waals surface area contributed by atoms with Crippen LogP contribution >= 0.6 is 0 Å². The Balaban J connectivity index is 1.24. The molecule has 1 aromatic heterocycles. The van der Waals surface area contributed by atoms with Crippen molar-refractivity contribution in [1.29, 1.82) is 0 Å². The van der Waals surface area contributed by atoms with Crippen LogP contribution in [0.2, 0.25) is 0 Å². The standard InChI is InChI=1S/C28H29N5O6/c29-21-13-18(27(36)31-22(15-26(34)35)20-3-1-8-30-16-20)4-6-23(21)32-9-2-10-33(12-11-32)28(37)19-5-7-24-25(14-19)39-17-38-24/h1,3-8,13-14,16,22H,2,9-12,15,17,29H2,(H,31,36)(H,34,35). The summed E-state index contributed by atoms with van der Waals surface area (Å²) in [5, 5.41) is 12.1. The van der Waals surface area contributed by atoms with Gasteiger partial charge in [0.1, 0.15) is 0 Å². The fraction of sp³-hybridized carbons (Fsp3) is 0.286. The van der Waals surface area contributed by atoms with E-state index in [1.807, 2.05) is 4.90 Å². The molecule has 3 heterocycles. The average molecular weight is 532 g/mol. The van der Waals surface area contributed by atoms with Crippen LogP contribution in [0.3, 0.4) is 0 Å². The molecule has 1 atom stereocenters. The Labute approximate surface area is 225 Å². The van der Waals surface area contributed by atoms with Crippen LogP contribution in [0.15, 0.2) is 60.9 Å². The van der Waals surface area contributed by atoms with Crippen LogP contribution in [-0.4, -0.2) is 65.7 Å². The van der Waals surface area contributed by atoms with Crippen molar-refractivity contribution < 1.29 is 29.0 Å². The van der Waals surface area contributed by atoms with Crippen molar-refractivity contribution in [3.8, 4) is 11.5 Å². The van der Waals surface area contributed by atoms with Crippen LogP contribution in [0.5, 0.6) is 11.5 Å². The van der Waals surface area contributed by atoms with Gasteiger partial charge >= 0.3 is 5.97 Å². The van der Waals surface area contributed by atoms with Crippen LogP contribution in [0.1, 0.15) is 45.2 Å². The summed E-state index contributed by atoms with van der Waals surface area (Å²) in [6.07, 6.45) is 3.59. The number of benzene rings is 2. The molecule has 39 heavy (non-hydrogen) atoms. The normalized spacial score (nSPS) is 15.4. The maximum Gasteiger partial charge on any atom is 0.305 e. The minimum absolute atomic E-state index is 0.0697. The zero-order valence-corrected chi connectivity index (χ0v) is 21.2. The molecule has 0 bridgehead atoms. The Morgan fingerprint density at radius 3 is 2.59 bits per heavy atom. The molecule has 1 fully saturated rings. The number of aromatic nitrogens is 1. The van der Waals surface area contributed by atoms with Crippen LogP contribution in [0.4, 0.5) is 11.4 Å². The number of nitrogens with two attached hydrogens (primary N) is 1. The smallest absolute Gasteiger partial charge is 0.305 e. The number of amides is 2. The maximum absolute atomic E-state index is 13.1. The third-order valence-corrected chi connectivity index (χ3v) is 6.80. The number of nitrogens with zero attached hydrogens (tertiary/aromatic N) is 3. The molecule has 202 valence electrons. The van der Waals surface area contributed by atoms with Gasteiger partial charge in [0, 0.05) is 49.7 Å². The Bertz CT molecular complexity index is 1380. The molecular formula is C28H29N5O6. The summed E-state index contributed by atoms with van der Waals surface area (Å²) >= 11 is 0. The largest absolute Gasteiger partial charge is 0.481 e. The number of carboxylic acid groups (broad SMARTS) is 1. The van der Waals surface area contributed by atoms with Gasteiger partial charge in [-0.05, 0) is 54.4 Å². The van der Waals surface area contributed by atoms with E-state index in [2.05, 4.69) is 15.2 Å². The van der Waals surface area contributed by atoms with E-state index in [4.69, 9.17) is 15.2 Å². The molecule has 0 spiro atoms. The third-order valence-electron chi connectivity index (χ3n) is 6.80. The first-order chi connectivity index (χ1) is 18.9. The van der Waals surface area contributed by atoms with Crippen molar-refractivity contribution in [2.75, 3.05) is 43.6 Å². The van der Waals surface area contributed by atoms with E-state index in [0.29, 0.717) is 60.1 Å². The third kappa shape index (κ3) is 5.87. The van der Waals surface area contributed by atoms with Crippen molar-refractivity contribution in [2.24, 2.45) is 0 Å². The van der Waals surface area contributed by atoms with Gasteiger partial charge in [-0.2, -0.15) is 0 Å². The van der Waals surface area contributed by atoms with E-state index in [-0.39, 0.29) is 19.1 Å². The summed E-state index contributed by atoms with van der Waals surface area (Å²) in [7, 11) is 0. The van der Waals surface area contributed by atoms with Crippen LogP contribution in [0.25, 0.3) is 0 Å². The molecule has 3 aromatic rings. The van der Waals surface area contributed by atoms with E-state index in [1.165, 1.54) is 6.20 Å². The summed E-state index contributed by atoms with van der Waals surface area (Å²) in [6, 6.07) is 12.9. The van der Waals surface area contributed by atoms with Crippen molar-refractivity contribution >= 4 is 29.2 Å². The van der Waals surface area contributed by atoms with Crippen molar-refractivity contribution in [3.63, 3.8) is 0 Å². The number of hydrogen-bond donors (Lipinski definition) is 3. The zero-order chi connectivity index (χ0) is 27.4. The van der Waals surface area contributed by atoms with Crippen LogP contribution in [-0.2, 0) is 4.79 Å². The Morgan fingerprint density at radius 2 is 1.82 bits per heavy atom. The first-order valence-corrected chi connectivity index (χ1v) is 12.6. The van der Waals surface area contributed by atoms with Crippen LogP contribution < -0.4 is 25.4 Å². The van der Waals surface area contributed by atoms with E-state index in [0.717, 1.165) is 12.1 Å². The number of ether oxygens (including phenoxy) is 2. The molecule has 0 aliphatic carbocycles. The summed E-state index contributed by atoms with van der Waals surface area (Å²) in [4.78, 5) is 45.4. The number of carbonyl (C=O) groups is 3. The van der Waals surface area contributed by atoms with Crippen molar-refractivity contribution in [3.05, 3.63) is 77.6 Å². The molecule has 2 aliphatic heterocycles. The lowest BCUT2D eigenvalue weighted by atomic mass is 10.0. The second kappa shape index (κ2) is 11.3. The molecule has 5 rings (SSSR count). The fourth-order valence-corrected chi connectivity index (χ4v) is 4.81. The highest BCUT2D eigenvalue weighted by molar-refractivity contribution is 5.97. The van der Waals surface area contributed by atoms with E-state index in [9.17, 15) is 19.5 Å². The fourth-order valence-electron chi connectivity index (χ4n) is 4.81. The molecule has 2 amide bonds. The highest BCUT2D eigenvalue weighted by Gasteiger charge is 2.24. The number of rotatable bonds is 7. The summed E-state index contributed by atoms with van der Waals surface area (Å²) in [5.41, 5.74) is 9.05. The van der Waals surface area contributed by atoms with Gasteiger partial charge in [-0.1, -0.05) is 6.07 Å². The second-order valence-corrected chi connectivity index (χ2v) is 9.38. The number of carboxylic acids is 1. The molecule has 4 N–H and O–H groups in total. The van der Waals surface area contributed by atoms with Gasteiger partial charge in [-0.3, -0.25) is 19.4 Å². The van der Waals surface area contributed by atoms with E-state index >= 15 is 0 Å². The Morgan fingerprint density at radius 1 is 1.00 bits per heavy atom. The van der Waals surface area contributed by atoms with Gasteiger partial charge in [-0.15, -0.1) is 0 Å². The highest BCUT2D eigenvalue weighted by atomic mass is 16.7. The topological polar surface area (TPSA) is 147 Å². The number of pyridine rings is 1. The number of aliphatic carboxylic acids is 1. The predicted octanol–water partition coefficient (Wildman–Crippen LogP) is 2.69. The molecule has 2 aliphatic rings. The number of carbonyl (C=O) groups excluding carboxylic acids is 2. The first-order valence-electron chi connectivity index (χ1n) is 12.6. The first kappa shape index (κ1) is 25.8. The lowest BCUT2D eigenvalue weighted by Gasteiger charge is -2.25. The van der Waals surface area contributed by atoms with Gasteiger partial charge in [0.15, 0.2) is 11.5 Å². The van der Waals surface area contributed by atoms with E-state index < -0.39 is 17.9 Å². The zero-order valence-electron chi connectivity index (χ0n) is 21.2. The summed E-state index contributed by atoms with van der Waals surface area (Å²) in [6.45, 7) is 2.54. The molecule has 0 radical (unpaired) electrons. The predicted molar refractivity (Wildman–Crippen MR) is 143 cm³/mol. The number of hydrogen-bond acceptors (Lipinski definition) is 8. The monoisotopic (exact) mass is 531 g/mol. The van der Waals surface area contributed by atoms with Crippen molar-refractivity contribution in [1.82, 2.24) is 15.2 Å². The SMILES string of the molecule is Nc1cc(C(=O)NC(CC(=O)O)c2cccnc2)ccc1N1CCCN(C(=O)c2ccc3c(c2)OCO3)CC1. The second-order valence-electron chi connectivity index (χ2n) is 9.38. The lowest BCUT2D eigenvalue weighted by molar-refractivity contribution is -0.137. The van der Waals surface area contributed by atoms with Gasteiger partial charge in [0.2, 0.25) is 6.79 Å². The van der Waals surface area contributed by atoms with Crippen molar-refractivity contribution in [2.45, 2.75) is 18.9 Å². The molecule has 11 nitrogen and oxygen atoms in total. The molecule has 0 saturated carbocycles. The Hall–Kier alpha value is -4.80. The number of fused-ring (bicyclic) bond motifs is 1. The number of anilines is 2. The number of nitrogens with one attached hydrogen (secondary N) is 1. The van der Waals surface area contributed by atoms with Gasteiger partial charge in [-0.25, -0.2) is 0 Å². The summed E-state index contributed by atoms with van der Waals surface area (Å²) in [5.74, 6) is -0.329. The molecule has 1 saturated heterocycles. The minimum Gasteiger partial charge on any atom is -0.481 e.